The molecule has 98 valence electrons. The average molecular weight is 248 g/mol. The van der Waals surface area contributed by atoms with Crippen molar-refractivity contribution in [2.45, 2.75) is 26.9 Å². The van der Waals surface area contributed by atoms with Gasteiger partial charge in [-0.2, -0.15) is 5.26 Å². The molecule has 1 aromatic heterocycles. The fourth-order valence-electron chi connectivity index (χ4n) is 1.69. The molecule has 0 aliphatic rings. The highest BCUT2D eigenvalue weighted by Gasteiger charge is 2.07. The molecule has 5 nitrogen and oxygen atoms in total. The summed E-state index contributed by atoms with van der Waals surface area (Å²) in [7, 11) is 0. The van der Waals surface area contributed by atoms with Gasteiger partial charge in [0, 0.05) is 25.3 Å². The predicted octanol–water partition coefficient (Wildman–Crippen LogP) is 0.952. The summed E-state index contributed by atoms with van der Waals surface area (Å²) in [5.41, 5.74) is 2.42. The zero-order valence-electron chi connectivity index (χ0n) is 11.1. The molecule has 0 saturated heterocycles. The van der Waals surface area contributed by atoms with Crippen LogP contribution >= 0.6 is 0 Å². The summed E-state index contributed by atoms with van der Waals surface area (Å²) in [5.74, 6) is 0.633. The van der Waals surface area contributed by atoms with E-state index in [0.29, 0.717) is 31.0 Å². The van der Waals surface area contributed by atoms with Crippen LogP contribution in [0.25, 0.3) is 0 Å². The van der Waals surface area contributed by atoms with Gasteiger partial charge in [-0.1, -0.05) is 0 Å². The molecule has 1 aromatic rings. The van der Waals surface area contributed by atoms with E-state index in [1.807, 2.05) is 19.9 Å². The van der Waals surface area contributed by atoms with Crippen molar-refractivity contribution in [2.24, 2.45) is 0 Å². The number of rotatable bonds is 6. The Balaban J connectivity index is 2.54. The molecule has 1 atom stereocenters. The first-order chi connectivity index (χ1) is 8.54. The van der Waals surface area contributed by atoms with Gasteiger partial charge in [-0.05, 0) is 32.4 Å². The van der Waals surface area contributed by atoms with Crippen LogP contribution in [0.5, 0.6) is 0 Å². The summed E-state index contributed by atoms with van der Waals surface area (Å²) < 4.78 is 0. The molecule has 0 saturated carbocycles. The molecular weight excluding hydrogens is 228 g/mol. The lowest BCUT2D eigenvalue weighted by Gasteiger charge is -2.11. The standard InChI is InChI=1S/C13H20N4O/c1-9-6-10(2)17-13(12(9)7-14)16-5-4-15-8-11(3)18/h6,11,15,18H,4-5,8H2,1-3H3,(H,16,17). The number of aliphatic hydroxyl groups excluding tert-OH is 1. The Morgan fingerprint density at radius 1 is 1.44 bits per heavy atom. The van der Waals surface area contributed by atoms with Crippen molar-refractivity contribution in [1.29, 1.82) is 5.26 Å². The summed E-state index contributed by atoms with van der Waals surface area (Å²) >= 11 is 0. The fourth-order valence-corrected chi connectivity index (χ4v) is 1.69. The molecule has 18 heavy (non-hydrogen) atoms. The Morgan fingerprint density at radius 2 is 2.17 bits per heavy atom. The van der Waals surface area contributed by atoms with Crippen molar-refractivity contribution in [3.63, 3.8) is 0 Å². The van der Waals surface area contributed by atoms with E-state index in [1.165, 1.54) is 0 Å². The average Bonchev–Trinajstić information content (AvgIpc) is 2.27. The number of aromatic nitrogens is 1. The molecule has 0 amide bonds. The Hall–Kier alpha value is -1.64. The highest BCUT2D eigenvalue weighted by atomic mass is 16.3. The molecule has 0 aromatic carbocycles. The fraction of sp³-hybridized carbons (Fsp3) is 0.538. The molecule has 0 aliphatic heterocycles. The predicted molar refractivity (Wildman–Crippen MR) is 71.5 cm³/mol. The third-order valence-corrected chi connectivity index (χ3v) is 2.49. The topological polar surface area (TPSA) is 81.0 Å². The first-order valence-corrected chi connectivity index (χ1v) is 6.05. The zero-order chi connectivity index (χ0) is 13.5. The van der Waals surface area contributed by atoms with Gasteiger partial charge in [0.2, 0.25) is 0 Å². The van der Waals surface area contributed by atoms with E-state index in [9.17, 15) is 0 Å². The van der Waals surface area contributed by atoms with Gasteiger partial charge in [0.25, 0.3) is 0 Å². The van der Waals surface area contributed by atoms with Crippen LogP contribution in [0.4, 0.5) is 5.82 Å². The van der Waals surface area contributed by atoms with Gasteiger partial charge >= 0.3 is 0 Å². The highest BCUT2D eigenvalue weighted by molar-refractivity contribution is 5.56. The van der Waals surface area contributed by atoms with Crippen molar-refractivity contribution < 1.29 is 5.11 Å². The zero-order valence-corrected chi connectivity index (χ0v) is 11.1. The van der Waals surface area contributed by atoms with Gasteiger partial charge in [-0.25, -0.2) is 4.98 Å². The van der Waals surface area contributed by atoms with Crippen LogP contribution in [0.2, 0.25) is 0 Å². The quantitative estimate of drug-likeness (QED) is 0.653. The monoisotopic (exact) mass is 248 g/mol. The molecule has 0 aliphatic carbocycles. The molecule has 0 bridgehead atoms. The van der Waals surface area contributed by atoms with E-state index in [1.54, 1.807) is 6.92 Å². The van der Waals surface area contributed by atoms with Crippen LogP contribution in [0.1, 0.15) is 23.7 Å². The number of nitrogens with one attached hydrogen (secondary N) is 2. The molecule has 0 radical (unpaired) electrons. The Labute approximate surface area is 108 Å². The van der Waals surface area contributed by atoms with Crippen molar-refractivity contribution in [3.05, 3.63) is 22.9 Å². The normalized spacial score (nSPS) is 11.9. The molecule has 3 N–H and O–H groups in total. The summed E-state index contributed by atoms with van der Waals surface area (Å²) in [5, 5.41) is 24.4. The van der Waals surface area contributed by atoms with Crippen molar-refractivity contribution >= 4 is 5.82 Å². The van der Waals surface area contributed by atoms with E-state index in [2.05, 4.69) is 21.7 Å². The van der Waals surface area contributed by atoms with E-state index in [-0.39, 0.29) is 6.10 Å². The van der Waals surface area contributed by atoms with Gasteiger partial charge in [0.05, 0.1) is 11.7 Å². The lowest BCUT2D eigenvalue weighted by atomic mass is 10.1. The van der Waals surface area contributed by atoms with E-state index in [0.717, 1.165) is 11.3 Å². The van der Waals surface area contributed by atoms with Crippen molar-refractivity contribution in [3.8, 4) is 6.07 Å². The molecule has 1 unspecified atom stereocenters. The Morgan fingerprint density at radius 3 is 2.78 bits per heavy atom. The first kappa shape index (κ1) is 14.4. The van der Waals surface area contributed by atoms with Gasteiger partial charge in [0.15, 0.2) is 0 Å². The summed E-state index contributed by atoms with van der Waals surface area (Å²) in [6.45, 7) is 7.49. The van der Waals surface area contributed by atoms with Gasteiger partial charge in [0.1, 0.15) is 11.9 Å². The maximum absolute atomic E-state index is 9.09. The molecule has 5 heteroatoms. The number of aryl methyl sites for hydroxylation is 2. The number of anilines is 1. The van der Waals surface area contributed by atoms with Crippen LogP contribution in [0.15, 0.2) is 6.07 Å². The largest absolute Gasteiger partial charge is 0.392 e. The van der Waals surface area contributed by atoms with Crippen LogP contribution < -0.4 is 10.6 Å². The third kappa shape index (κ3) is 4.32. The summed E-state index contributed by atoms with van der Waals surface area (Å²) in [6, 6.07) is 4.06. The number of nitrogens with zero attached hydrogens (tertiary/aromatic N) is 2. The molecule has 0 fully saturated rings. The minimum absolute atomic E-state index is 0.348. The van der Waals surface area contributed by atoms with Crippen LogP contribution in [-0.4, -0.2) is 35.8 Å². The van der Waals surface area contributed by atoms with Crippen LogP contribution in [0.3, 0.4) is 0 Å². The highest BCUT2D eigenvalue weighted by Crippen LogP contribution is 2.16. The number of aliphatic hydroxyl groups is 1. The minimum Gasteiger partial charge on any atom is -0.392 e. The SMILES string of the molecule is Cc1cc(C)c(C#N)c(NCCNCC(C)O)n1. The second kappa shape index (κ2) is 6.94. The first-order valence-electron chi connectivity index (χ1n) is 6.05. The summed E-state index contributed by atoms with van der Waals surface area (Å²) in [4.78, 5) is 4.33. The smallest absolute Gasteiger partial charge is 0.144 e. The Bertz CT molecular complexity index is 437. The number of hydrogen-bond donors (Lipinski definition) is 3. The maximum atomic E-state index is 9.09. The lowest BCUT2D eigenvalue weighted by Crippen LogP contribution is -2.29. The second-order valence-corrected chi connectivity index (χ2v) is 4.40. The van der Waals surface area contributed by atoms with E-state index < -0.39 is 0 Å². The Kier molecular flexibility index (Phi) is 5.56. The lowest BCUT2D eigenvalue weighted by molar-refractivity contribution is 0.192. The molecule has 0 spiro atoms. The van der Waals surface area contributed by atoms with Gasteiger partial charge in [-0.3, -0.25) is 0 Å². The number of nitriles is 1. The van der Waals surface area contributed by atoms with Crippen LogP contribution in [-0.2, 0) is 0 Å². The van der Waals surface area contributed by atoms with E-state index in [4.69, 9.17) is 10.4 Å². The number of hydrogen-bond acceptors (Lipinski definition) is 5. The molecule has 1 rings (SSSR count). The minimum atomic E-state index is -0.348. The molecular formula is C13H20N4O. The summed E-state index contributed by atoms with van der Waals surface area (Å²) in [6.07, 6.45) is -0.348. The molecule has 1 heterocycles. The van der Waals surface area contributed by atoms with Gasteiger partial charge in [-0.15, -0.1) is 0 Å². The van der Waals surface area contributed by atoms with Crippen molar-refractivity contribution in [1.82, 2.24) is 10.3 Å². The van der Waals surface area contributed by atoms with E-state index >= 15 is 0 Å². The van der Waals surface area contributed by atoms with Gasteiger partial charge < -0.3 is 15.7 Å². The number of pyridine rings is 1. The van der Waals surface area contributed by atoms with Crippen molar-refractivity contribution in [2.75, 3.05) is 25.0 Å². The maximum Gasteiger partial charge on any atom is 0.144 e. The second-order valence-electron chi connectivity index (χ2n) is 4.40. The van der Waals surface area contributed by atoms with Crippen LogP contribution in [0, 0.1) is 25.2 Å². The third-order valence-electron chi connectivity index (χ3n) is 2.49.